The van der Waals surface area contributed by atoms with Crippen LogP contribution < -0.4 is 15.4 Å². The molecule has 34 heavy (non-hydrogen) atoms. The number of rotatable bonds is 4. The molecular weight excluding hydrogens is 496 g/mol. The third kappa shape index (κ3) is 4.43. The van der Waals surface area contributed by atoms with E-state index < -0.39 is 5.82 Å². The van der Waals surface area contributed by atoms with Crippen molar-refractivity contribution in [3.05, 3.63) is 63.7 Å². The van der Waals surface area contributed by atoms with Gasteiger partial charge in [0.25, 0.3) is 0 Å². The van der Waals surface area contributed by atoms with Gasteiger partial charge < -0.3 is 0 Å². The van der Waals surface area contributed by atoms with Crippen molar-refractivity contribution in [3.63, 3.8) is 0 Å². The molecule has 1 unspecified atom stereocenters. The Hall–Kier alpha value is -2.88. The van der Waals surface area contributed by atoms with E-state index in [-0.39, 0.29) is 17.5 Å². The second-order valence-corrected chi connectivity index (χ2v) is 10.8. The Morgan fingerprint density at radius 2 is 1.97 bits per heavy atom. The molecule has 0 aliphatic carbocycles. The van der Waals surface area contributed by atoms with Crippen LogP contribution in [0.3, 0.4) is 0 Å². The molecule has 0 amide bonds. The zero-order valence-electron chi connectivity index (χ0n) is 18.9. The number of hydrogen-bond acceptors (Lipinski definition) is 6. The molecule has 0 spiro atoms. The molecule has 2 aliphatic heterocycles. The third-order valence-electron chi connectivity index (χ3n) is 6.56. The second kappa shape index (κ2) is 9.77. The van der Waals surface area contributed by atoms with Gasteiger partial charge in [-0.25, -0.2) is 0 Å². The fourth-order valence-electron chi connectivity index (χ4n) is 4.78. The normalized spacial score (nSPS) is 18.8. The molecule has 0 bridgehead atoms. The maximum atomic E-state index is 15.2. The average molecular weight is 523 g/mol. The van der Waals surface area contributed by atoms with Crippen LogP contribution in [0.4, 0.5) is 16.0 Å². The van der Waals surface area contributed by atoms with Crippen LogP contribution in [0.15, 0.2) is 41.2 Å². The summed E-state index contributed by atoms with van der Waals surface area (Å²) in [6.07, 6.45) is 2.20. The zero-order chi connectivity index (χ0) is 23.7. The van der Waals surface area contributed by atoms with E-state index in [4.69, 9.17) is 9.72 Å². The molecule has 5 rings (SSSR count). The van der Waals surface area contributed by atoms with Crippen LogP contribution in [-0.4, -0.2) is 65.8 Å². The van der Waals surface area contributed by atoms with Gasteiger partial charge in [-0.1, -0.05) is 0 Å². The number of aromatic nitrogens is 2. The van der Waals surface area contributed by atoms with Crippen LogP contribution in [0.5, 0.6) is 0 Å². The molecule has 0 saturated carbocycles. The summed E-state index contributed by atoms with van der Waals surface area (Å²) < 4.78 is 22.7. The molecule has 9 heteroatoms. The quantitative estimate of drug-likeness (QED) is 0.489. The number of benzene rings is 2. The number of fused-ring (bicyclic) bond motifs is 1. The fourth-order valence-corrected chi connectivity index (χ4v) is 5.81. The van der Waals surface area contributed by atoms with Crippen LogP contribution in [0, 0.1) is 17.1 Å². The number of anilines is 2. The first-order valence-corrected chi connectivity index (χ1v) is 13.0. The van der Waals surface area contributed by atoms with Gasteiger partial charge in [0.15, 0.2) is 0 Å². The topological polar surface area (TPSA) is 74.4 Å². The molecule has 2 aromatic carbocycles. The van der Waals surface area contributed by atoms with Crippen molar-refractivity contribution in [2.75, 3.05) is 49.2 Å². The molecule has 176 valence electrons. The van der Waals surface area contributed by atoms with Crippen molar-refractivity contribution in [1.82, 2.24) is 9.55 Å². The van der Waals surface area contributed by atoms with Gasteiger partial charge in [0.2, 0.25) is 0 Å². The van der Waals surface area contributed by atoms with E-state index in [9.17, 15) is 10.1 Å². The van der Waals surface area contributed by atoms with Crippen LogP contribution >= 0.6 is 0 Å². The molecule has 0 radical (unpaired) electrons. The van der Waals surface area contributed by atoms with E-state index in [1.165, 1.54) is 6.07 Å². The number of halogens is 1. The van der Waals surface area contributed by atoms with Gasteiger partial charge in [0.1, 0.15) is 0 Å². The Kier molecular flexibility index (Phi) is 6.58. The van der Waals surface area contributed by atoms with E-state index in [2.05, 4.69) is 11.0 Å². The van der Waals surface area contributed by atoms with E-state index in [1.54, 1.807) is 39.6 Å². The van der Waals surface area contributed by atoms with Gasteiger partial charge in [0.05, 0.1) is 0 Å². The van der Waals surface area contributed by atoms with E-state index in [0.29, 0.717) is 53.7 Å². The predicted octanol–water partition coefficient (Wildman–Crippen LogP) is 2.31. The van der Waals surface area contributed by atoms with Crippen molar-refractivity contribution in [3.8, 4) is 6.07 Å². The number of hydrogen-bond donors (Lipinski definition) is 0. The minimum absolute atomic E-state index is 0.212. The Labute approximate surface area is 206 Å². The summed E-state index contributed by atoms with van der Waals surface area (Å²) in [5.74, 6) is 0.159. The van der Waals surface area contributed by atoms with Crippen molar-refractivity contribution >= 4 is 39.4 Å². The molecule has 7 nitrogen and oxygen atoms in total. The zero-order valence-corrected chi connectivity index (χ0v) is 21.3. The Morgan fingerprint density at radius 1 is 1.18 bits per heavy atom. The first-order valence-electron chi connectivity index (χ1n) is 11.6. The third-order valence-corrected chi connectivity index (χ3v) is 7.70. The minimum atomic E-state index is -0.431. The van der Waals surface area contributed by atoms with Gasteiger partial charge in [-0.05, 0) is 0 Å². The fraction of sp³-hybridized carbons (Fsp3) is 0.400. The van der Waals surface area contributed by atoms with Crippen molar-refractivity contribution in [2.24, 2.45) is 0 Å². The molecule has 3 heterocycles. The molecule has 1 aromatic heterocycles. The van der Waals surface area contributed by atoms with Crippen molar-refractivity contribution in [2.45, 2.75) is 24.1 Å². The molecule has 0 N–H and O–H groups in total. The van der Waals surface area contributed by atoms with Crippen molar-refractivity contribution in [1.29, 1.82) is 5.26 Å². The van der Waals surface area contributed by atoms with E-state index in [0.717, 1.165) is 31.5 Å². The first kappa shape index (κ1) is 22.9. The summed E-state index contributed by atoms with van der Waals surface area (Å²) in [5, 5.41) is 9.81. The Morgan fingerprint density at radius 3 is 2.74 bits per heavy atom. The van der Waals surface area contributed by atoms with Crippen LogP contribution in [0.25, 0.3) is 10.9 Å². The molecule has 2 fully saturated rings. The first-order chi connectivity index (χ1) is 16.5. The number of morpholine rings is 1. The number of piperidine rings is 1. The summed E-state index contributed by atoms with van der Waals surface area (Å²) in [5.41, 5.74) is 1.93. The SMILES string of the molecule is N#Cc1ccccc1Cn1c(N2CCC[C@@H]([AsH2])C2)nc2cc(N3CCOCC3)c(F)cc2c1=O. The summed E-state index contributed by atoms with van der Waals surface area (Å²) in [6, 6.07) is 12.5. The molecule has 3 aromatic rings. The summed E-state index contributed by atoms with van der Waals surface area (Å²) >= 11 is 1.70. The molecule has 2 saturated heterocycles. The van der Waals surface area contributed by atoms with Gasteiger partial charge in [-0.3, -0.25) is 0 Å². The van der Waals surface area contributed by atoms with Crippen molar-refractivity contribution < 1.29 is 9.13 Å². The average Bonchev–Trinajstić information content (AvgIpc) is 2.86. The van der Waals surface area contributed by atoms with Crippen LogP contribution in [-0.2, 0) is 11.3 Å². The summed E-state index contributed by atoms with van der Waals surface area (Å²) in [6.45, 7) is 4.15. The number of nitriles is 1. The van der Waals surface area contributed by atoms with Gasteiger partial charge in [0, 0.05) is 0 Å². The Bertz CT molecular complexity index is 1320. The standard InChI is InChI=1S/C25H27AsFN5O2/c26-19-6-3-7-31(16-19)25-29-22-13-23(30-8-10-34-11-9-30)21(27)12-20(22)24(33)32(25)15-18-5-2-1-4-17(18)14-28/h1-2,4-5,12-13,19H,3,6-11,15-16,26H2/t19-/m1/s1. The van der Waals surface area contributed by atoms with Crippen LogP contribution in [0.2, 0.25) is 4.71 Å². The molecule has 2 atom stereocenters. The Balaban J connectivity index is 1.67. The summed E-state index contributed by atoms with van der Waals surface area (Å²) in [7, 11) is 0. The summed E-state index contributed by atoms with van der Waals surface area (Å²) in [4.78, 5) is 22.8. The molecular formula is C25H27AsFN5O2. The number of ether oxygens (including phenoxy) is 1. The van der Waals surface area contributed by atoms with Gasteiger partial charge in [-0.15, -0.1) is 0 Å². The van der Waals surface area contributed by atoms with Gasteiger partial charge >= 0.3 is 206 Å². The maximum absolute atomic E-state index is 15.2. The number of nitrogens with zero attached hydrogens (tertiary/aromatic N) is 5. The van der Waals surface area contributed by atoms with E-state index >= 15 is 4.39 Å². The van der Waals surface area contributed by atoms with Crippen LogP contribution in [0.1, 0.15) is 24.0 Å². The van der Waals surface area contributed by atoms with E-state index in [1.807, 2.05) is 17.0 Å². The monoisotopic (exact) mass is 523 g/mol. The second-order valence-electron chi connectivity index (χ2n) is 8.84. The molecule has 2 aliphatic rings. The predicted molar refractivity (Wildman–Crippen MR) is 133 cm³/mol. The van der Waals surface area contributed by atoms with Gasteiger partial charge in [-0.2, -0.15) is 0 Å².